The highest BCUT2D eigenvalue weighted by atomic mass is 32.2. The highest BCUT2D eigenvalue weighted by Gasteiger charge is 2.38. The maximum Gasteiger partial charge on any atom is 0.407 e. The van der Waals surface area contributed by atoms with Gasteiger partial charge in [-0.05, 0) is 67.1 Å². The SMILES string of the molecule is Cn1cncc1CN1CC(N(CC2CCN(C(=O)O)CC2)S(=O)(=O)c2cccc(F)c2)Cc2cc(C#N)ccc21. The molecule has 12 heteroatoms. The Morgan fingerprint density at radius 1 is 1.23 bits per heavy atom. The summed E-state index contributed by atoms with van der Waals surface area (Å²) in [7, 11) is -2.21. The van der Waals surface area contributed by atoms with Gasteiger partial charge in [0.25, 0.3) is 0 Å². The smallest absolute Gasteiger partial charge is 0.407 e. The predicted molar refractivity (Wildman–Crippen MR) is 146 cm³/mol. The Morgan fingerprint density at radius 3 is 2.65 bits per heavy atom. The van der Waals surface area contributed by atoms with E-state index in [1.165, 1.54) is 27.4 Å². The Bertz CT molecular complexity index is 1540. The van der Waals surface area contributed by atoms with Gasteiger partial charge in [0.2, 0.25) is 10.0 Å². The second-order valence-corrected chi connectivity index (χ2v) is 12.3. The number of halogens is 1. The molecule has 0 radical (unpaired) electrons. The summed E-state index contributed by atoms with van der Waals surface area (Å²) in [5, 5.41) is 18.9. The van der Waals surface area contributed by atoms with Gasteiger partial charge in [-0.15, -0.1) is 0 Å². The number of amides is 1. The molecule has 1 saturated heterocycles. The second-order valence-electron chi connectivity index (χ2n) is 10.4. The van der Waals surface area contributed by atoms with E-state index in [0.29, 0.717) is 51.0 Å². The van der Waals surface area contributed by atoms with E-state index in [0.717, 1.165) is 23.0 Å². The molecule has 1 aromatic heterocycles. The number of nitrogens with zero attached hydrogens (tertiary/aromatic N) is 6. The van der Waals surface area contributed by atoms with Crippen molar-refractivity contribution in [3.8, 4) is 6.07 Å². The van der Waals surface area contributed by atoms with Crippen molar-refractivity contribution in [3.05, 3.63) is 77.6 Å². The third-order valence-electron chi connectivity index (χ3n) is 7.84. The Morgan fingerprint density at radius 2 is 2.00 bits per heavy atom. The third-order valence-corrected chi connectivity index (χ3v) is 9.75. The molecule has 2 aliphatic rings. The van der Waals surface area contributed by atoms with Crippen LogP contribution in [0.5, 0.6) is 0 Å². The first kappa shape index (κ1) is 27.6. The molecule has 5 rings (SSSR count). The Kier molecular flexibility index (Phi) is 7.78. The fraction of sp³-hybridized carbons (Fsp3) is 0.393. The number of benzene rings is 2. The first-order valence-electron chi connectivity index (χ1n) is 13.1. The molecule has 0 saturated carbocycles. The molecule has 1 N–H and O–H groups in total. The molecule has 10 nitrogen and oxygen atoms in total. The number of fused-ring (bicyclic) bond motifs is 1. The predicted octanol–water partition coefficient (Wildman–Crippen LogP) is 3.44. The first-order valence-corrected chi connectivity index (χ1v) is 14.6. The van der Waals surface area contributed by atoms with Crippen LogP contribution in [0.2, 0.25) is 0 Å². The van der Waals surface area contributed by atoms with Crippen LogP contribution in [0.4, 0.5) is 14.9 Å². The van der Waals surface area contributed by atoms with Crippen molar-refractivity contribution in [3.63, 3.8) is 0 Å². The van der Waals surface area contributed by atoms with E-state index in [9.17, 15) is 28.0 Å². The monoisotopic (exact) mass is 566 g/mol. The van der Waals surface area contributed by atoms with Gasteiger partial charge in [0.1, 0.15) is 5.82 Å². The van der Waals surface area contributed by atoms with Crippen LogP contribution in [0.25, 0.3) is 0 Å². The number of sulfonamides is 1. The van der Waals surface area contributed by atoms with Gasteiger partial charge in [-0.3, -0.25) is 0 Å². The highest BCUT2D eigenvalue weighted by Crippen LogP contribution is 2.34. The number of aromatic nitrogens is 2. The van der Waals surface area contributed by atoms with Crippen LogP contribution in [0.1, 0.15) is 29.7 Å². The molecule has 0 aliphatic carbocycles. The zero-order valence-corrected chi connectivity index (χ0v) is 23.0. The number of piperidine rings is 1. The lowest BCUT2D eigenvalue weighted by Crippen LogP contribution is -2.53. The molecule has 1 fully saturated rings. The zero-order valence-electron chi connectivity index (χ0n) is 22.1. The molecule has 3 aromatic rings. The fourth-order valence-corrected chi connectivity index (χ4v) is 7.36. The standard InChI is InChI=1S/C28H31FN6O4S/c1-32-19-31-15-25(32)18-34-17-24(12-22-11-21(14-30)5-6-27(22)34)35(16-20-7-9-33(10-8-20)28(36)37)40(38,39)26-4-2-3-23(29)13-26/h2-6,11,13,15,19-20,24H,7-10,12,16-18H2,1H3,(H,36,37). The first-order chi connectivity index (χ1) is 19.2. The van der Waals surface area contributed by atoms with E-state index in [4.69, 9.17) is 0 Å². The third kappa shape index (κ3) is 5.66. The van der Waals surface area contributed by atoms with E-state index < -0.39 is 28.0 Å². The second kappa shape index (κ2) is 11.3. The number of likely N-dealkylation sites (tertiary alicyclic amines) is 1. The van der Waals surface area contributed by atoms with E-state index in [1.54, 1.807) is 24.7 Å². The summed E-state index contributed by atoms with van der Waals surface area (Å²) in [4.78, 5) is 19.0. The number of hydrogen-bond acceptors (Lipinski definition) is 6. The number of nitriles is 1. The van der Waals surface area contributed by atoms with Gasteiger partial charge in [-0.1, -0.05) is 6.07 Å². The largest absolute Gasteiger partial charge is 0.465 e. The summed E-state index contributed by atoms with van der Waals surface area (Å²) in [5.74, 6) is -0.697. The number of carboxylic acid groups (broad SMARTS) is 1. The minimum atomic E-state index is -4.11. The Hall–Kier alpha value is -3.95. The van der Waals surface area contributed by atoms with Crippen molar-refractivity contribution in [2.75, 3.05) is 31.1 Å². The molecular formula is C28H31FN6O4S. The van der Waals surface area contributed by atoms with Crippen LogP contribution in [0.15, 0.2) is 59.9 Å². The topological polar surface area (TPSA) is 123 Å². The van der Waals surface area contributed by atoms with Crippen molar-refractivity contribution in [2.24, 2.45) is 13.0 Å². The summed E-state index contributed by atoms with van der Waals surface area (Å²) < 4.78 is 45.8. The zero-order chi connectivity index (χ0) is 28.4. The molecule has 1 unspecified atom stereocenters. The molecule has 2 aromatic carbocycles. The van der Waals surface area contributed by atoms with Gasteiger partial charge >= 0.3 is 6.09 Å². The maximum atomic E-state index is 14.2. The number of rotatable bonds is 7. The van der Waals surface area contributed by atoms with Crippen molar-refractivity contribution < 1.29 is 22.7 Å². The van der Waals surface area contributed by atoms with Crippen molar-refractivity contribution in [2.45, 2.75) is 36.7 Å². The molecule has 3 heterocycles. The summed E-state index contributed by atoms with van der Waals surface area (Å²) in [6, 6.07) is 12.2. The molecule has 2 aliphatic heterocycles. The van der Waals surface area contributed by atoms with Crippen LogP contribution >= 0.6 is 0 Å². The van der Waals surface area contributed by atoms with E-state index in [-0.39, 0.29) is 17.4 Å². The van der Waals surface area contributed by atoms with Crippen LogP contribution in [-0.2, 0) is 30.0 Å². The normalized spacial score (nSPS) is 18.0. The minimum Gasteiger partial charge on any atom is -0.465 e. The average molecular weight is 567 g/mol. The summed E-state index contributed by atoms with van der Waals surface area (Å²) in [5.41, 5.74) is 3.21. The molecule has 1 amide bonds. The number of imidazole rings is 1. The summed E-state index contributed by atoms with van der Waals surface area (Å²) in [6.07, 6.45) is 3.94. The molecule has 40 heavy (non-hydrogen) atoms. The average Bonchev–Trinajstić information content (AvgIpc) is 3.35. The fourth-order valence-electron chi connectivity index (χ4n) is 5.64. The number of aryl methyl sites for hydroxylation is 1. The van der Waals surface area contributed by atoms with Gasteiger partial charge in [0.15, 0.2) is 0 Å². The lowest BCUT2D eigenvalue weighted by Gasteiger charge is -2.42. The van der Waals surface area contributed by atoms with Crippen LogP contribution in [0, 0.1) is 23.1 Å². The van der Waals surface area contributed by atoms with E-state index in [2.05, 4.69) is 16.0 Å². The Labute approximate surface area is 232 Å². The van der Waals surface area contributed by atoms with Crippen LogP contribution < -0.4 is 4.90 Å². The van der Waals surface area contributed by atoms with Crippen molar-refractivity contribution in [1.82, 2.24) is 18.8 Å². The highest BCUT2D eigenvalue weighted by molar-refractivity contribution is 7.89. The molecular weight excluding hydrogens is 535 g/mol. The van der Waals surface area contributed by atoms with Crippen LogP contribution in [-0.4, -0.2) is 70.6 Å². The van der Waals surface area contributed by atoms with Crippen LogP contribution in [0.3, 0.4) is 0 Å². The van der Waals surface area contributed by atoms with Gasteiger partial charge < -0.3 is 19.5 Å². The summed E-state index contributed by atoms with van der Waals surface area (Å²) >= 11 is 0. The molecule has 0 bridgehead atoms. The van der Waals surface area contributed by atoms with Crippen molar-refractivity contribution in [1.29, 1.82) is 5.26 Å². The quantitative estimate of drug-likeness (QED) is 0.465. The summed E-state index contributed by atoms with van der Waals surface area (Å²) in [6.45, 7) is 1.71. The minimum absolute atomic E-state index is 0.0590. The number of carbonyl (C=O) groups is 1. The van der Waals surface area contributed by atoms with Gasteiger partial charge in [0.05, 0.1) is 35.1 Å². The van der Waals surface area contributed by atoms with Gasteiger partial charge in [-0.2, -0.15) is 9.57 Å². The van der Waals surface area contributed by atoms with Crippen molar-refractivity contribution >= 4 is 21.8 Å². The maximum absolute atomic E-state index is 14.2. The van der Waals surface area contributed by atoms with E-state index in [1.807, 2.05) is 17.7 Å². The number of anilines is 1. The molecule has 1 atom stereocenters. The number of hydrogen-bond donors (Lipinski definition) is 1. The van der Waals surface area contributed by atoms with E-state index >= 15 is 0 Å². The lowest BCUT2D eigenvalue weighted by atomic mass is 9.93. The van der Waals surface area contributed by atoms with Gasteiger partial charge in [-0.25, -0.2) is 22.6 Å². The van der Waals surface area contributed by atoms with Gasteiger partial charge in [0, 0.05) is 51.2 Å². The lowest BCUT2D eigenvalue weighted by molar-refractivity contribution is 0.118. The Balaban J connectivity index is 1.52. The molecule has 0 spiro atoms. The molecule has 210 valence electrons.